The zero-order valence-electron chi connectivity index (χ0n) is 10.5. The van der Waals surface area contributed by atoms with E-state index in [1.165, 1.54) is 25.7 Å². The molecule has 2 aromatic heterocycles. The van der Waals surface area contributed by atoms with Gasteiger partial charge in [0.05, 0.1) is 6.04 Å². The van der Waals surface area contributed by atoms with Gasteiger partial charge in [0.25, 0.3) is 0 Å². The van der Waals surface area contributed by atoms with Crippen LogP contribution in [0.25, 0.3) is 0 Å². The Morgan fingerprint density at radius 1 is 1.33 bits per heavy atom. The van der Waals surface area contributed by atoms with Crippen molar-refractivity contribution < 1.29 is 0 Å². The number of anilines is 1. The second kappa shape index (κ2) is 5.10. The minimum absolute atomic E-state index is 0.247. The van der Waals surface area contributed by atoms with E-state index in [0.717, 1.165) is 11.0 Å². The van der Waals surface area contributed by atoms with Crippen LogP contribution in [0.15, 0.2) is 24.0 Å². The lowest BCUT2D eigenvalue weighted by Crippen LogP contribution is -2.19. The first-order valence-electron chi connectivity index (χ1n) is 6.53. The topological polar surface area (TPSA) is 42.7 Å². The van der Waals surface area contributed by atoms with Crippen molar-refractivity contribution >= 4 is 17.3 Å². The summed E-state index contributed by atoms with van der Waals surface area (Å²) in [5, 5.41) is 6.71. The van der Waals surface area contributed by atoms with E-state index in [1.807, 2.05) is 24.0 Å². The van der Waals surface area contributed by atoms with Gasteiger partial charge >= 0.3 is 0 Å². The number of nitrogens with zero attached hydrogens (tertiary/aromatic N) is 3. The molecule has 1 fully saturated rings. The molecule has 0 amide bonds. The van der Waals surface area contributed by atoms with Gasteiger partial charge in [0, 0.05) is 30.0 Å². The van der Waals surface area contributed by atoms with Crippen molar-refractivity contribution in [2.45, 2.75) is 44.7 Å². The van der Waals surface area contributed by atoms with E-state index in [1.54, 1.807) is 11.3 Å². The Bertz CT molecular complexity index is 485. The minimum atomic E-state index is 0.247. The van der Waals surface area contributed by atoms with E-state index >= 15 is 0 Å². The second-order valence-corrected chi connectivity index (χ2v) is 5.76. The molecule has 1 atom stereocenters. The average molecular weight is 262 g/mol. The molecule has 2 heterocycles. The van der Waals surface area contributed by atoms with Crippen molar-refractivity contribution in [3.63, 3.8) is 0 Å². The molecular weight excluding hydrogens is 244 g/mol. The summed E-state index contributed by atoms with van der Waals surface area (Å²) in [4.78, 5) is 8.83. The van der Waals surface area contributed by atoms with Gasteiger partial charge in [-0.1, -0.05) is 12.8 Å². The molecule has 0 bridgehead atoms. The predicted octanol–water partition coefficient (Wildman–Crippen LogP) is 3.30. The highest BCUT2D eigenvalue weighted by molar-refractivity contribution is 7.09. The summed E-state index contributed by atoms with van der Waals surface area (Å²) in [6.07, 6.45) is 10.9. The maximum Gasteiger partial charge on any atom is 0.203 e. The molecule has 0 radical (unpaired) electrons. The normalized spacial score (nSPS) is 18.1. The molecule has 1 unspecified atom stereocenters. The number of hydrogen-bond acceptors (Lipinski definition) is 4. The van der Waals surface area contributed by atoms with Crippen molar-refractivity contribution in [1.82, 2.24) is 14.5 Å². The molecule has 3 rings (SSSR count). The van der Waals surface area contributed by atoms with Crippen LogP contribution in [0.1, 0.15) is 43.7 Å². The van der Waals surface area contributed by atoms with Gasteiger partial charge in [0.2, 0.25) is 5.95 Å². The van der Waals surface area contributed by atoms with Crippen LogP contribution < -0.4 is 5.32 Å². The number of imidazole rings is 1. The summed E-state index contributed by atoms with van der Waals surface area (Å²) >= 11 is 1.69. The number of thiazole rings is 1. The smallest absolute Gasteiger partial charge is 0.203 e. The Morgan fingerprint density at radius 3 is 2.89 bits per heavy atom. The van der Waals surface area contributed by atoms with Crippen LogP contribution in [0.3, 0.4) is 0 Å². The number of hydrogen-bond donors (Lipinski definition) is 1. The van der Waals surface area contributed by atoms with Gasteiger partial charge in [-0.2, -0.15) is 0 Å². The summed E-state index contributed by atoms with van der Waals surface area (Å²) in [6.45, 7) is 2.17. The highest BCUT2D eigenvalue weighted by Crippen LogP contribution is 2.26. The fraction of sp³-hybridized carbons (Fsp3) is 0.538. The number of nitrogens with one attached hydrogen (secondary N) is 1. The molecule has 0 aliphatic heterocycles. The van der Waals surface area contributed by atoms with Gasteiger partial charge in [-0.25, -0.2) is 9.97 Å². The molecular formula is C13H18N4S. The monoisotopic (exact) mass is 262 g/mol. The third kappa shape index (κ3) is 2.27. The van der Waals surface area contributed by atoms with Crippen LogP contribution in [-0.4, -0.2) is 20.6 Å². The molecule has 4 nitrogen and oxygen atoms in total. The van der Waals surface area contributed by atoms with Gasteiger partial charge in [-0.05, 0) is 19.8 Å². The Balaban J connectivity index is 1.78. The van der Waals surface area contributed by atoms with Gasteiger partial charge in [-0.3, -0.25) is 0 Å². The maximum atomic E-state index is 4.44. The van der Waals surface area contributed by atoms with Gasteiger partial charge in [0.1, 0.15) is 5.01 Å². The molecule has 1 N–H and O–H groups in total. The van der Waals surface area contributed by atoms with E-state index < -0.39 is 0 Å². The number of rotatable bonds is 4. The fourth-order valence-electron chi connectivity index (χ4n) is 2.55. The largest absolute Gasteiger partial charge is 0.353 e. The summed E-state index contributed by atoms with van der Waals surface area (Å²) in [5.41, 5.74) is 0. The zero-order valence-corrected chi connectivity index (χ0v) is 11.4. The quantitative estimate of drug-likeness (QED) is 0.919. The first-order chi connectivity index (χ1) is 8.84. The Morgan fingerprint density at radius 2 is 2.17 bits per heavy atom. The molecule has 1 saturated carbocycles. The van der Waals surface area contributed by atoms with Crippen LogP contribution in [0, 0.1) is 0 Å². The second-order valence-electron chi connectivity index (χ2n) is 4.83. The Labute approximate surface area is 111 Å². The van der Waals surface area contributed by atoms with E-state index in [-0.39, 0.29) is 6.04 Å². The van der Waals surface area contributed by atoms with Crippen molar-refractivity contribution in [1.29, 1.82) is 0 Å². The highest BCUT2D eigenvalue weighted by atomic mass is 32.1. The van der Waals surface area contributed by atoms with Crippen molar-refractivity contribution in [3.05, 3.63) is 29.0 Å². The lowest BCUT2D eigenvalue weighted by atomic mass is 10.2. The van der Waals surface area contributed by atoms with E-state index in [0.29, 0.717) is 6.04 Å². The molecule has 1 aliphatic rings. The Hall–Kier alpha value is -1.36. The summed E-state index contributed by atoms with van der Waals surface area (Å²) in [7, 11) is 0. The van der Waals surface area contributed by atoms with Crippen LogP contribution in [0.5, 0.6) is 0 Å². The third-order valence-electron chi connectivity index (χ3n) is 3.58. The molecule has 0 saturated heterocycles. The van der Waals surface area contributed by atoms with Crippen molar-refractivity contribution in [2.24, 2.45) is 0 Å². The average Bonchev–Trinajstić information content (AvgIpc) is 3.12. The van der Waals surface area contributed by atoms with Crippen LogP contribution in [-0.2, 0) is 0 Å². The lowest BCUT2D eigenvalue weighted by Gasteiger charge is -2.18. The van der Waals surface area contributed by atoms with E-state index in [9.17, 15) is 0 Å². The van der Waals surface area contributed by atoms with Crippen LogP contribution >= 0.6 is 11.3 Å². The first-order valence-corrected chi connectivity index (χ1v) is 7.41. The highest BCUT2D eigenvalue weighted by Gasteiger charge is 2.19. The zero-order chi connectivity index (χ0) is 12.4. The predicted molar refractivity (Wildman–Crippen MR) is 74.0 cm³/mol. The molecule has 18 heavy (non-hydrogen) atoms. The third-order valence-corrected chi connectivity index (χ3v) is 4.53. The standard InChI is InChI=1S/C13H18N4S/c1-10(12-14-7-9-18-12)17-8-6-15-13(17)16-11-4-2-3-5-11/h6-11H,2-5H2,1H3,(H,15,16). The molecule has 96 valence electrons. The van der Waals surface area contributed by atoms with Gasteiger partial charge in [-0.15, -0.1) is 11.3 Å². The minimum Gasteiger partial charge on any atom is -0.353 e. The summed E-state index contributed by atoms with van der Waals surface area (Å²) < 4.78 is 2.18. The SMILES string of the molecule is CC(c1nccs1)n1ccnc1NC1CCCC1. The molecule has 0 spiro atoms. The summed E-state index contributed by atoms with van der Waals surface area (Å²) in [5.74, 6) is 0.976. The van der Waals surface area contributed by atoms with E-state index in [2.05, 4.69) is 26.8 Å². The van der Waals surface area contributed by atoms with E-state index in [4.69, 9.17) is 0 Å². The first kappa shape index (κ1) is 11.7. The lowest BCUT2D eigenvalue weighted by molar-refractivity contribution is 0.626. The van der Waals surface area contributed by atoms with Crippen LogP contribution in [0.2, 0.25) is 0 Å². The van der Waals surface area contributed by atoms with Gasteiger partial charge in [0.15, 0.2) is 0 Å². The van der Waals surface area contributed by atoms with Crippen molar-refractivity contribution in [2.75, 3.05) is 5.32 Å². The summed E-state index contributed by atoms with van der Waals surface area (Å²) in [6, 6.07) is 0.839. The molecule has 2 aromatic rings. The maximum absolute atomic E-state index is 4.44. The number of aromatic nitrogens is 3. The molecule has 0 aromatic carbocycles. The molecule has 1 aliphatic carbocycles. The molecule has 5 heteroatoms. The fourth-order valence-corrected chi connectivity index (χ4v) is 3.24. The van der Waals surface area contributed by atoms with Gasteiger partial charge < -0.3 is 9.88 Å². The van der Waals surface area contributed by atoms with Crippen molar-refractivity contribution in [3.8, 4) is 0 Å². The Kier molecular flexibility index (Phi) is 3.32. The van der Waals surface area contributed by atoms with Crippen LogP contribution in [0.4, 0.5) is 5.95 Å².